The van der Waals surface area contributed by atoms with E-state index >= 15 is 0 Å². The van der Waals surface area contributed by atoms with Crippen molar-refractivity contribution in [2.45, 2.75) is 6.42 Å². The maximum atomic E-state index is 12.2. The number of benzene rings is 2. The lowest BCUT2D eigenvalue weighted by Gasteiger charge is -2.09. The Bertz CT molecular complexity index is 828. The van der Waals surface area contributed by atoms with E-state index in [1.807, 2.05) is 0 Å². The molecule has 0 aromatic heterocycles. The first-order valence-electron chi connectivity index (χ1n) is 7.98. The molecular weight excluding hydrogens is 340 g/mol. The van der Waals surface area contributed by atoms with E-state index in [9.17, 15) is 19.7 Å². The zero-order valence-corrected chi connectivity index (χ0v) is 13.7. The van der Waals surface area contributed by atoms with Crippen LogP contribution in [-0.4, -0.2) is 30.0 Å². The van der Waals surface area contributed by atoms with Crippen LogP contribution in [0, 0.1) is 16.0 Å². The minimum Gasteiger partial charge on any atom is -0.426 e. The van der Waals surface area contributed by atoms with Crippen LogP contribution in [0.2, 0.25) is 0 Å². The van der Waals surface area contributed by atoms with E-state index < -0.39 is 10.8 Å². The first-order chi connectivity index (χ1) is 12.5. The van der Waals surface area contributed by atoms with Crippen LogP contribution in [0.1, 0.15) is 16.8 Å². The second kappa shape index (κ2) is 7.75. The summed E-state index contributed by atoms with van der Waals surface area (Å²) in [6, 6.07) is 11.8. The van der Waals surface area contributed by atoms with Crippen molar-refractivity contribution in [1.82, 2.24) is 0 Å². The number of ether oxygens (including phenoxy) is 2. The molecule has 0 bridgehead atoms. The van der Waals surface area contributed by atoms with E-state index in [1.165, 1.54) is 24.3 Å². The van der Waals surface area contributed by atoms with Gasteiger partial charge in [-0.05, 0) is 36.8 Å². The lowest BCUT2D eigenvalue weighted by atomic mass is 10.1. The number of nitro benzene ring substituents is 1. The van der Waals surface area contributed by atoms with Crippen LogP contribution in [-0.2, 0) is 9.53 Å². The van der Waals surface area contributed by atoms with Gasteiger partial charge in [0, 0.05) is 30.0 Å². The number of rotatable bonds is 5. The SMILES string of the molecule is O=C(Nc1ccc(OC(=O)C2CCOC2)cc1)c1cccc([N+](=O)[O-])c1. The maximum Gasteiger partial charge on any atom is 0.316 e. The molecule has 0 saturated carbocycles. The van der Waals surface area contributed by atoms with Crippen molar-refractivity contribution in [3.63, 3.8) is 0 Å². The number of carbonyl (C=O) groups excluding carboxylic acids is 2. The first kappa shape index (κ1) is 17.6. The van der Waals surface area contributed by atoms with E-state index in [-0.39, 0.29) is 23.1 Å². The van der Waals surface area contributed by atoms with Crippen LogP contribution < -0.4 is 10.1 Å². The largest absolute Gasteiger partial charge is 0.426 e. The summed E-state index contributed by atoms with van der Waals surface area (Å²) in [7, 11) is 0. The van der Waals surface area contributed by atoms with Crippen molar-refractivity contribution in [2.24, 2.45) is 5.92 Å². The summed E-state index contributed by atoms with van der Waals surface area (Å²) < 4.78 is 10.4. The van der Waals surface area contributed by atoms with E-state index in [2.05, 4.69) is 5.32 Å². The summed E-state index contributed by atoms with van der Waals surface area (Å²) in [6.45, 7) is 0.929. The maximum absolute atomic E-state index is 12.2. The monoisotopic (exact) mass is 356 g/mol. The molecular formula is C18H16N2O6. The van der Waals surface area contributed by atoms with E-state index in [4.69, 9.17) is 9.47 Å². The van der Waals surface area contributed by atoms with Gasteiger partial charge in [0.05, 0.1) is 17.4 Å². The molecule has 1 heterocycles. The van der Waals surface area contributed by atoms with Crippen LogP contribution in [0.15, 0.2) is 48.5 Å². The molecule has 134 valence electrons. The molecule has 0 spiro atoms. The smallest absolute Gasteiger partial charge is 0.316 e. The lowest BCUT2D eigenvalue weighted by Crippen LogP contribution is -2.20. The minimum absolute atomic E-state index is 0.157. The van der Waals surface area contributed by atoms with Gasteiger partial charge in [-0.3, -0.25) is 19.7 Å². The van der Waals surface area contributed by atoms with Crippen LogP contribution >= 0.6 is 0 Å². The number of nitrogens with one attached hydrogen (secondary N) is 1. The van der Waals surface area contributed by atoms with Crippen molar-refractivity contribution in [1.29, 1.82) is 0 Å². The van der Waals surface area contributed by atoms with Crippen molar-refractivity contribution in [3.05, 3.63) is 64.2 Å². The summed E-state index contributed by atoms with van der Waals surface area (Å²) in [5.41, 5.74) is 0.497. The van der Waals surface area contributed by atoms with Gasteiger partial charge in [-0.1, -0.05) is 6.07 Å². The fraction of sp³-hybridized carbons (Fsp3) is 0.222. The van der Waals surface area contributed by atoms with Crippen molar-refractivity contribution in [2.75, 3.05) is 18.5 Å². The average molecular weight is 356 g/mol. The fourth-order valence-electron chi connectivity index (χ4n) is 2.49. The van der Waals surface area contributed by atoms with Gasteiger partial charge in [0.15, 0.2) is 0 Å². The topological polar surface area (TPSA) is 108 Å². The standard InChI is InChI=1S/C18H16N2O6/c21-17(12-2-1-3-15(10-12)20(23)24)19-14-4-6-16(7-5-14)26-18(22)13-8-9-25-11-13/h1-7,10,13H,8-9,11H2,(H,19,21). The number of anilines is 1. The Kier molecular flexibility index (Phi) is 5.23. The minimum atomic E-state index is -0.560. The highest BCUT2D eigenvalue weighted by atomic mass is 16.6. The molecule has 1 fully saturated rings. The molecule has 8 heteroatoms. The van der Waals surface area contributed by atoms with Gasteiger partial charge in [-0.25, -0.2) is 0 Å². The summed E-state index contributed by atoms with van der Waals surface area (Å²) in [5.74, 6) is -0.684. The summed E-state index contributed by atoms with van der Waals surface area (Å²) >= 11 is 0. The molecule has 2 aromatic rings. The summed E-state index contributed by atoms with van der Waals surface area (Å²) in [6.07, 6.45) is 0.649. The molecule has 26 heavy (non-hydrogen) atoms. The van der Waals surface area contributed by atoms with Gasteiger partial charge in [0.25, 0.3) is 11.6 Å². The number of nitro groups is 1. The second-order valence-electron chi connectivity index (χ2n) is 5.77. The zero-order valence-electron chi connectivity index (χ0n) is 13.7. The Morgan fingerprint density at radius 1 is 1.19 bits per heavy atom. The van der Waals surface area contributed by atoms with E-state index in [0.29, 0.717) is 31.1 Å². The quantitative estimate of drug-likeness (QED) is 0.382. The Hall–Kier alpha value is -3.26. The fourth-order valence-corrected chi connectivity index (χ4v) is 2.49. The lowest BCUT2D eigenvalue weighted by molar-refractivity contribution is -0.384. The molecule has 8 nitrogen and oxygen atoms in total. The van der Waals surface area contributed by atoms with Gasteiger partial charge in [0.2, 0.25) is 0 Å². The van der Waals surface area contributed by atoms with Gasteiger partial charge < -0.3 is 14.8 Å². The third-order valence-electron chi connectivity index (χ3n) is 3.91. The molecule has 1 N–H and O–H groups in total. The van der Waals surface area contributed by atoms with E-state index in [0.717, 1.165) is 0 Å². The summed E-state index contributed by atoms with van der Waals surface area (Å²) in [4.78, 5) is 34.3. The van der Waals surface area contributed by atoms with Crippen LogP contribution in [0.25, 0.3) is 0 Å². The highest BCUT2D eigenvalue weighted by Crippen LogP contribution is 2.21. The molecule has 0 radical (unpaired) electrons. The highest BCUT2D eigenvalue weighted by Gasteiger charge is 2.25. The predicted octanol–water partition coefficient (Wildman–Crippen LogP) is 2.79. The average Bonchev–Trinajstić information content (AvgIpc) is 3.18. The second-order valence-corrected chi connectivity index (χ2v) is 5.77. The normalized spacial score (nSPS) is 16.1. The molecule has 1 aliphatic heterocycles. The van der Waals surface area contributed by atoms with Crippen LogP contribution in [0.4, 0.5) is 11.4 Å². The van der Waals surface area contributed by atoms with Gasteiger partial charge in [0.1, 0.15) is 5.75 Å². The Labute approximate surface area is 148 Å². The number of carbonyl (C=O) groups is 2. The third kappa shape index (κ3) is 4.22. The number of hydrogen-bond donors (Lipinski definition) is 1. The van der Waals surface area contributed by atoms with Gasteiger partial charge in [-0.15, -0.1) is 0 Å². The number of amides is 1. The Morgan fingerprint density at radius 3 is 2.62 bits per heavy atom. The van der Waals surface area contributed by atoms with Crippen LogP contribution in [0.5, 0.6) is 5.75 Å². The molecule has 1 atom stereocenters. The first-order valence-corrected chi connectivity index (χ1v) is 7.98. The Morgan fingerprint density at radius 2 is 1.96 bits per heavy atom. The molecule has 0 aliphatic carbocycles. The number of hydrogen-bond acceptors (Lipinski definition) is 6. The predicted molar refractivity (Wildman–Crippen MR) is 92.1 cm³/mol. The number of esters is 1. The third-order valence-corrected chi connectivity index (χ3v) is 3.91. The van der Waals surface area contributed by atoms with Gasteiger partial charge >= 0.3 is 5.97 Å². The van der Waals surface area contributed by atoms with Gasteiger partial charge in [-0.2, -0.15) is 0 Å². The highest BCUT2D eigenvalue weighted by molar-refractivity contribution is 6.04. The molecule has 1 saturated heterocycles. The van der Waals surface area contributed by atoms with Crippen molar-refractivity contribution < 1.29 is 24.0 Å². The molecule has 1 aliphatic rings. The van der Waals surface area contributed by atoms with Crippen molar-refractivity contribution >= 4 is 23.3 Å². The van der Waals surface area contributed by atoms with E-state index in [1.54, 1.807) is 24.3 Å². The number of nitrogens with zero attached hydrogens (tertiary/aromatic N) is 1. The number of non-ortho nitro benzene ring substituents is 1. The Balaban J connectivity index is 1.61. The molecule has 2 aromatic carbocycles. The molecule has 1 unspecified atom stereocenters. The molecule has 3 rings (SSSR count). The zero-order chi connectivity index (χ0) is 18.5. The summed E-state index contributed by atoms with van der Waals surface area (Å²) in [5, 5.41) is 13.4. The van der Waals surface area contributed by atoms with Crippen LogP contribution in [0.3, 0.4) is 0 Å². The van der Waals surface area contributed by atoms with Crippen molar-refractivity contribution in [3.8, 4) is 5.75 Å². The molecule has 1 amide bonds.